The van der Waals surface area contributed by atoms with Gasteiger partial charge in [0.1, 0.15) is 5.82 Å². The van der Waals surface area contributed by atoms with Crippen LogP contribution >= 0.6 is 0 Å². The number of hydrogen-bond donors (Lipinski definition) is 0. The van der Waals surface area contributed by atoms with Gasteiger partial charge in [0.15, 0.2) is 0 Å². The molecule has 1 heterocycles. The predicted octanol–water partition coefficient (Wildman–Crippen LogP) is 1.07. The van der Waals surface area contributed by atoms with E-state index in [9.17, 15) is 9.18 Å². The van der Waals surface area contributed by atoms with Crippen LogP contribution in [0, 0.1) is 5.82 Å². The molecule has 0 bridgehead atoms. The summed E-state index contributed by atoms with van der Waals surface area (Å²) in [4.78, 5) is 14.7. The smallest absolute Gasteiger partial charge is 0.295 e. The van der Waals surface area contributed by atoms with E-state index in [2.05, 4.69) is 4.98 Å². The van der Waals surface area contributed by atoms with Gasteiger partial charge in [-0.2, -0.15) is 0 Å². The minimum Gasteiger partial charge on any atom is -0.295 e. The first-order chi connectivity index (χ1) is 7.41. The van der Waals surface area contributed by atoms with Gasteiger partial charge in [-0.3, -0.25) is 4.57 Å². The van der Waals surface area contributed by atoms with Crippen LogP contribution < -0.4 is 5.69 Å². The summed E-state index contributed by atoms with van der Waals surface area (Å²) in [6, 6.07) is 3.89. The van der Waals surface area contributed by atoms with E-state index >= 15 is 0 Å². The van der Waals surface area contributed by atoms with Crippen molar-refractivity contribution in [3.63, 3.8) is 0 Å². The summed E-state index contributed by atoms with van der Waals surface area (Å²) in [5, 5.41) is 0.0122. The van der Waals surface area contributed by atoms with Crippen LogP contribution in [0.15, 0.2) is 29.2 Å². The highest BCUT2D eigenvalue weighted by Gasteiger charge is 2.03. The third kappa shape index (κ3) is 1.11. The van der Waals surface area contributed by atoms with Crippen LogP contribution in [0.25, 0.3) is 10.9 Å². The van der Waals surface area contributed by atoms with Crippen molar-refractivity contribution in [2.45, 2.75) is 0 Å². The van der Waals surface area contributed by atoms with Crippen LogP contribution in [0.4, 0.5) is 4.39 Å². The first-order valence-corrected chi connectivity index (χ1v) is 3.58. The molecule has 0 saturated carbocycles. The third-order valence-electron chi connectivity index (χ3n) is 1.77. The minimum atomic E-state index is -2.67. The van der Waals surface area contributed by atoms with E-state index in [0.29, 0.717) is 4.57 Å². The molecule has 0 fully saturated rings. The summed E-state index contributed by atoms with van der Waals surface area (Å²) in [6.45, 7) is -2.67. The summed E-state index contributed by atoms with van der Waals surface area (Å²) in [5.74, 6) is -0.608. The third-order valence-corrected chi connectivity index (χ3v) is 1.77. The topological polar surface area (TPSA) is 34.9 Å². The highest BCUT2D eigenvalue weighted by atomic mass is 19.1. The average molecular weight is 181 g/mol. The number of aromatic nitrogens is 2. The number of hydrogen-bond acceptors (Lipinski definition) is 2. The number of halogens is 1. The maximum absolute atomic E-state index is 13.3. The molecule has 3 nitrogen and oxygen atoms in total. The molecule has 0 atom stereocenters. The van der Waals surface area contributed by atoms with Crippen LogP contribution in [0.5, 0.6) is 0 Å². The molecule has 0 N–H and O–H groups in total. The van der Waals surface area contributed by atoms with Crippen LogP contribution in [-0.2, 0) is 6.98 Å². The molecule has 0 aliphatic carbocycles. The van der Waals surface area contributed by atoms with Gasteiger partial charge in [0.25, 0.3) is 0 Å². The van der Waals surface area contributed by atoms with Gasteiger partial charge in [-0.05, 0) is 12.1 Å². The molecule has 2 aromatic rings. The van der Waals surface area contributed by atoms with E-state index in [1.807, 2.05) is 0 Å². The van der Waals surface area contributed by atoms with E-state index in [1.165, 1.54) is 18.2 Å². The van der Waals surface area contributed by atoms with Crippen molar-refractivity contribution in [2.75, 3.05) is 0 Å². The lowest BCUT2D eigenvalue weighted by atomic mass is 10.2. The lowest BCUT2D eigenvalue weighted by molar-refractivity contribution is 0.637. The Bertz CT molecular complexity index is 606. The van der Waals surface area contributed by atoms with Crippen molar-refractivity contribution in [3.8, 4) is 0 Å². The number of aryl methyl sites for hydroxylation is 1. The zero-order valence-electron chi connectivity index (χ0n) is 9.49. The second-order valence-corrected chi connectivity index (χ2v) is 2.55. The number of fused-ring (bicyclic) bond motifs is 1. The molecule has 0 saturated heterocycles. The van der Waals surface area contributed by atoms with Crippen molar-refractivity contribution < 1.29 is 8.50 Å². The Morgan fingerprint density at radius 2 is 2.46 bits per heavy atom. The van der Waals surface area contributed by atoms with Gasteiger partial charge in [0.2, 0.25) is 0 Å². The first kappa shape index (κ1) is 5.11. The molecule has 2 rings (SSSR count). The Balaban J connectivity index is 2.97. The quantitative estimate of drug-likeness (QED) is 0.609. The summed E-state index contributed by atoms with van der Waals surface area (Å²) in [5.41, 5.74) is -0.905. The van der Waals surface area contributed by atoms with Gasteiger partial charge in [-0.1, -0.05) is 6.07 Å². The Kier molecular flexibility index (Phi) is 1.04. The van der Waals surface area contributed by atoms with Crippen molar-refractivity contribution in [1.82, 2.24) is 9.55 Å². The first-order valence-electron chi connectivity index (χ1n) is 5.08. The molecule has 1 aromatic carbocycles. The molecular formula is C9H7FN2O. The van der Waals surface area contributed by atoms with Gasteiger partial charge >= 0.3 is 5.69 Å². The summed E-state index contributed by atoms with van der Waals surface area (Å²) >= 11 is 0. The van der Waals surface area contributed by atoms with Crippen LogP contribution in [0.2, 0.25) is 0 Å². The lowest BCUT2D eigenvalue weighted by Gasteiger charge is -2.02. The van der Waals surface area contributed by atoms with Gasteiger partial charge in [-0.15, -0.1) is 0 Å². The Morgan fingerprint density at radius 1 is 1.62 bits per heavy atom. The molecule has 0 radical (unpaired) electrons. The molecule has 66 valence electrons. The highest BCUT2D eigenvalue weighted by molar-refractivity contribution is 5.78. The number of benzene rings is 1. The van der Waals surface area contributed by atoms with Crippen molar-refractivity contribution >= 4 is 10.9 Å². The fourth-order valence-electron chi connectivity index (χ4n) is 1.13. The zero-order chi connectivity index (χ0) is 11.9. The SMILES string of the molecule is [2H]C([2H])([2H])n1c(=O)ncc2c(F)cccc21. The Morgan fingerprint density at radius 3 is 3.23 bits per heavy atom. The molecule has 0 unspecified atom stereocenters. The summed E-state index contributed by atoms with van der Waals surface area (Å²) in [7, 11) is 0. The van der Waals surface area contributed by atoms with Gasteiger partial charge < -0.3 is 0 Å². The summed E-state index contributed by atoms with van der Waals surface area (Å²) in [6.07, 6.45) is 1.04. The molecule has 0 spiro atoms. The molecule has 13 heavy (non-hydrogen) atoms. The van der Waals surface area contributed by atoms with E-state index in [4.69, 9.17) is 4.11 Å². The number of nitrogens with zero attached hydrogens (tertiary/aromatic N) is 2. The van der Waals surface area contributed by atoms with Crippen molar-refractivity contribution in [3.05, 3.63) is 40.7 Å². The summed E-state index contributed by atoms with van der Waals surface area (Å²) < 4.78 is 35.5. The molecule has 1 aromatic heterocycles. The van der Waals surface area contributed by atoms with Gasteiger partial charge in [0.05, 0.1) is 10.9 Å². The van der Waals surface area contributed by atoms with Crippen LogP contribution in [-0.4, -0.2) is 9.55 Å². The van der Waals surface area contributed by atoms with E-state index in [0.717, 1.165) is 6.20 Å². The van der Waals surface area contributed by atoms with Gasteiger partial charge in [0, 0.05) is 17.3 Å². The fourth-order valence-corrected chi connectivity index (χ4v) is 1.13. The highest BCUT2D eigenvalue weighted by Crippen LogP contribution is 2.13. The Hall–Kier alpha value is -1.71. The Labute approximate surface area is 77.7 Å². The second kappa shape index (κ2) is 2.65. The largest absolute Gasteiger partial charge is 0.347 e. The van der Waals surface area contributed by atoms with Gasteiger partial charge in [-0.25, -0.2) is 14.2 Å². The van der Waals surface area contributed by atoms with Crippen LogP contribution in [0.3, 0.4) is 0 Å². The minimum absolute atomic E-state index is 0.0122. The maximum Gasteiger partial charge on any atom is 0.347 e. The molecule has 4 heteroatoms. The van der Waals surface area contributed by atoms with E-state index in [1.54, 1.807) is 0 Å². The monoisotopic (exact) mass is 181 g/mol. The molecular weight excluding hydrogens is 171 g/mol. The second-order valence-electron chi connectivity index (χ2n) is 2.55. The molecule has 0 amide bonds. The molecule has 0 aliphatic heterocycles. The number of rotatable bonds is 0. The standard InChI is InChI=1S/C9H7FN2O/c1-12-8-4-2-3-7(10)6(8)5-11-9(12)13/h2-5H,1H3/i1D3. The maximum atomic E-state index is 13.3. The lowest BCUT2D eigenvalue weighted by Crippen LogP contribution is -2.19. The fraction of sp³-hybridized carbons (Fsp3) is 0.111. The van der Waals surface area contributed by atoms with E-state index in [-0.39, 0.29) is 10.9 Å². The van der Waals surface area contributed by atoms with Crippen LogP contribution in [0.1, 0.15) is 4.11 Å². The van der Waals surface area contributed by atoms with Crippen molar-refractivity contribution in [1.29, 1.82) is 0 Å². The molecule has 0 aliphatic rings. The zero-order valence-corrected chi connectivity index (χ0v) is 6.49. The average Bonchev–Trinajstić information content (AvgIpc) is 2.15. The van der Waals surface area contributed by atoms with E-state index < -0.39 is 18.5 Å². The van der Waals surface area contributed by atoms with Crippen molar-refractivity contribution in [2.24, 2.45) is 6.98 Å². The normalized spacial score (nSPS) is 15.0. The predicted molar refractivity (Wildman–Crippen MR) is 46.9 cm³/mol.